The predicted molar refractivity (Wildman–Crippen MR) is 64.9 cm³/mol. The van der Waals surface area contributed by atoms with E-state index in [0.717, 1.165) is 10.1 Å². The summed E-state index contributed by atoms with van der Waals surface area (Å²) in [4.78, 5) is 8.50. The van der Waals surface area contributed by atoms with E-state index in [0.29, 0.717) is 0 Å². The van der Waals surface area contributed by atoms with Crippen molar-refractivity contribution in [2.45, 2.75) is 17.0 Å². The minimum atomic E-state index is 1.01. The molecular weight excluding hydrogens is 224 g/mol. The molecule has 0 amide bonds. The second-order valence-corrected chi connectivity index (χ2v) is 5.18. The number of nitrogens with zero attached hydrogens (tertiary/aromatic N) is 2. The third kappa shape index (κ3) is 3.25. The maximum atomic E-state index is 4.27. The van der Waals surface area contributed by atoms with Crippen molar-refractivity contribution in [1.82, 2.24) is 9.97 Å². The lowest BCUT2D eigenvalue weighted by Crippen LogP contribution is -1.79. The molecule has 2 aromatic rings. The number of rotatable bonds is 3. The van der Waals surface area contributed by atoms with Crippen LogP contribution in [0.2, 0.25) is 0 Å². The normalized spacial score (nSPS) is 10.2. The molecule has 0 radical (unpaired) electrons. The van der Waals surface area contributed by atoms with Gasteiger partial charge >= 0.3 is 0 Å². The Morgan fingerprint density at radius 1 is 0.933 bits per heavy atom. The minimum Gasteiger partial charge on any atom is -0.249 e. The highest BCUT2D eigenvalue weighted by molar-refractivity contribution is 8.76. The third-order valence-corrected chi connectivity index (χ3v) is 3.90. The van der Waals surface area contributed by atoms with Gasteiger partial charge in [0.2, 0.25) is 0 Å². The Morgan fingerprint density at radius 3 is 2.47 bits per heavy atom. The SMILES string of the molecule is Cc1ccnc(SSc2ccccn2)c1. The van der Waals surface area contributed by atoms with E-state index in [1.165, 1.54) is 5.56 Å². The summed E-state index contributed by atoms with van der Waals surface area (Å²) in [6, 6.07) is 9.96. The van der Waals surface area contributed by atoms with Crippen LogP contribution in [0.5, 0.6) is 0 Å². The van der Waals surface area contributed by atoms with Gasteiger partial charge in [-0.15, -0.1) is 0 Å². The Labute approximate surface area is 96.9 Å². The summed E-state index contributed by atoms with van der Waals surface area (Å²) in [5.74, 6) is 0. The lowest BCUT2D eigenvalue weighted by Gasteiger charge is -1.99. The molecule has 15 heavy (non-hydrogen) atoms. The zero-order valence-electron chi connectivity index (χ0n) is 8.25. The van der Waals surface area contributed by atoms with Crippen LogP contribution in [0.4, 0.5) is 0 Å². The average Bonchev–Trinajstić information content (AvgIpc) is 2.28. The first kappa shape index (κ1) is 10.5. The topological polar surface area (TPSA) is 25.8 Å². The van der Waals surface area contributed by atoms with Crippen LogP contribution in [-0.4, -0.2) is 9.97 Å². The molecule has 0 atom stereocenters. The van der Waals surface area contributed by atoms with Crippen LogP contribution in [0.1, 0.15) is 5.56 Å². The summed E-state index contributed by atoms with van der Waals surface area (Å²) in [6.07, 6.45) is 3.63. The van der Waals surface area contributed by atoms with Gasteiger partial charge < -0.3 is 0 Å². The molecule has 0 saturated heterocycles. The first-order chi connectivity index (χ1) is 7.34. The Balaban J connectivity index is 1.99. The van der Waals surface area contributed by atoms with E-state index in [2.05, 4.69) is 23.0 Å². The van der Waals surface area contributed by atoms with Crippen LogP contribution in [0.15, 0.2) is 52.8 Å². The zero-order valence-corrected chi connectivity index (χ0v) is 9.89. The third-order valence-electron chi connectivity index (χ3n) is 1.74. The molecule has 2 rings (SSSR count). The quantitative estimate of drug-likeness (QED) is 0.758. The van der Waals surface area contributed by atoms with Gasteiger partial charge in [0.25, 0.3) is 0 Å². The van der Waals surface area contributed by atoms with Gasteiger partial charge in [-0.3, -0.25) is 0 Å². The van der Waals surface area contributed by atoms with Crippen LogP contribution in [0.25, 0.3) is 0 Å². The van der Waals surface area contributed by atoms with E-state index < -0.39 is 0 Å². The van der Waals surface area contributed by atoms with E-state index in [4.69, 9.17) is 0 Å². The molecule has 0 fully saturated rings. The molecule has 4 heteroatoms. The highest BCUT2D eigenvalue weighted by Gasteiger charge is 1.98. The Bertz CT molecular complexity index is 432. The Morgan fingerprint density at radius 2 is 1.73 bits per heavy atom. The fourth-order valence-corrected chi connectivity index (χ4v) is 2.86. The fourth-order valence-electron chi connectivity index (χ4n) is 1.04. The molecule has 0 aliphatic rings. The molecule has 0 aromatic carbocycles. The molecule has 0 saturated carbocycles. The van der Waals surface area contributed by atoms with Gasteiger partial charge in [0.15, 0.2) is 0 Å². The number of aryl methyl sites for hydroxylation is 1. The molecule has 0 spiro atoms. The first-order valence-electron chi connectivity index (χ1n) is 4.53. The molecule has 2 heterocycles. The van der Waals surface area contributed by atoms with E-state index in [1.54, 1.807) is 27.8 Å². The van der Waals surface area contributed by atoms with Crippen molar-refractivity contribution in [2.75, 3.05) is 0 Å². The second kappa shape index (κ2) is 5.19. The van der Waals surface area contributed by atoms with Crippen molar-refractivity contribution in [2.24, 2.45) is 0 Å². The van der Waals surface area contributed by atoms with Crippen LogP contribution < -0.4 is 0 Å². The van der Waals surface area contributed by atoms with Crippen molar-refractivity contribution in [3.05, 3.63) is 48.3 Å². The van der Waals surface area contributed by atoms with E-state index in [9.17, 15) is 0 Å². The minimum absolute atomic E-state index is 1.01. The van der Waals surface area contributed by atoms with Crippen LogP contribution >= 0.6 is 21.6 Å². The van der Waals surface area contributed by atoms with Crippen LogP contribution in [-0.2, 0) is 0 Å². The van der Waals surface area contributed by atoms with E-state index >= 15 is 0 Å². The lowest BCUT2D eigenvalue weighted by atomic mass is 10.3. The molecule has 76 valence electrons. The number of hydrogen-bond donors (Lipinski definition) is 0. The van der Waals surface area contributed by atoms with Crippen LogP contribution in [0.3, 0.4) is 0 Å². The van der Waals surface area contributed by atoms with Gasteiger partial charge in [0.05, 0.1) is 0 Å². The van der Waals surface area contributed by atoms with Gasteiger partial charge in [-0.05, 0) is 58.3 Å². The largest absolute Gasteiger partial charge is 0.249 e. The summed E-state index contributed by atoms with van der Waals surface area (Å²) in [6.45, 7) is 2.07. The highest BCUT2D eigenvalue weighted by atomic mass is 33.1. The highest BCUT2D eigenvalue weighted by Crippen LogP contribution is 2.34. The molecule has 2 nitrogen and oxygen atoms in total. The van der Waals surface area contributed by atoms with E-state index in [-0.39, 0.29) is 0 Å². The lowest BCUT2D eigenvalue weighted by molar-refractivity contribution is 1.12. The zero-order chi connectivity index (χ0) is 10.5. The van der Waals surface area contributed by atoms with Crippen LogP contribution in [0, 0.1) is 6.92 Å². The molecule has 0 unspecified atom stereocenters. The van der Waals surface area contributed by atoms with Crippen molar-refractivity contribution in [1.29, 1.82) is 0 Å². The fraction of sp³-hybridized carbons (Fsp3) is 0.0909. The second-order valence-electron chi connectivity index (χ2n) is 3.01. The monoisotopic (exact) mass is 234 g/mol. The summed E-state index contributed by atoms with van der Waals surface area (Å²) in [7, 11) is 3.26. The molecule has 0 N–H and O–H groups in total. The first-order valence-corrected chi connectivity index (χ1v) is 6.68. The van der Waals surface area contributed by atoms with Crippen molar-refractivity contribution in [3.8, 4) is 0 Å². The average molecular weight is 234 g/mol. The summed E-state index contributed by atoms with van der Waals surface area (Å²) in [5.41, 5.74) is 1.23. The predicted octanol–water partition coefficient (Wildman–Crippen LogP) is 3.58. The maximum Gasteiger partial charge on any atom is 0.107 e. The van der Waals surface area contributed by atoms with Crippen molar-refractivity contribution < 1.29 is 0 Å². The smallest absolute Gasteiger partial charge is 0.107 e. The van der Waals surface area contributed by atoms with E-state index in [1.807, 2.05) is 30.5 Å². The van der Waals surface area contributed by atoms with Gasteiger partial charge in [-0.1, -0.05) is 6.07 Å². The van der Waals surface area contributed by atoms with Gasteiger partial charge in [0.1, 0.15) is 10.1 Å². The van der Waals surface area contributed by atoms with Crippen molar-refractivity contribution >= 4 is 21.6 Å². The van der Waals surface area contributed by atoms with Gasteiger partial charge in [-0.2, -0.15) is 0 Å². The van der Waals surface area contributed by atoms with Crippen molar-refractivity contribution in [3.63, 3.8) is 0 Å². The molecule has 2 aromatic heterocycles. The maximum absolute atomic E-state index is 4.27. The Hall–Kier alpha value is -1.00. The standard InChI is InChI=1S/C11H10N2S2/c1-9-5-7-13-11(8-9)15-14-10-4-2-3-6-12-10/h2-8H,1H3. The number of pyridine rings is 2. The number of hydrogen-bond acceptors (Lipinski definition) is 4. The van der Waals surface area contributed by atoms with Gasteiger partial charge in [-0.25, -0.2) is 9.97 Å². The molecular formula is C11H10N2S2. The summed E-state index contributed by atoms with van der Waals surface area (Å²) < 4.78 is 0. The molecule has 0 bridgehead atoms. The number of aromatic nitrogens is 2. The Kier molecular flexibility index (Phi) is 3.64. The summed E-state index contributed by atoms with van der Waals surface area (Å²) >= 11 is 0. The molecule has 0 aliphatic heterocycles. The van der Waals surface area contributed by atoms with Gasteiger partial charge in [0, 0.05) is 12.4 Å². The molecule has 0 aliphatic carbocycles. The summed E-state index contributed by atoms with van der Waals surface area (Å²) in [5, 5.41) is 2.02.